The van der Waals surface area contributed by atoms with Gasteiger partial charge in [-0.25, -0.2) is 4.57 Å². The van der Waals surface area contributed by atoms with Crippen molar-refractivity contribution >= 4 is 38.2 Å². The lowest BCUT2D eigenvalue weighted by atomic mass is 9.98. The zero-order valence-corrected chi connectivity index (χ0v) is 12.9. The largest absolute Gasteiger partial charge is 0.309 e. The first kappa shape index (κ1) is 11.9. The van der Waals surface area contributed by atoms with Crippen molar-refractivity contribution in [3.8, 4) is 0 Å². The molecule has 0 aliphatic heterocycles. The van der Waals surface area contributed by atoms with Crippen LogP contribution in [0.25, 0.3) is 38.2 Å². The maximum atomic E-state index is 4.75. The van der Waals surface area contributed by atoms with Crippen molar-refractivity contribution in [1.82, 2.24) is 9.38 Å². The van der Waals surface area contributed by atoms with Gasteiger partial charge in [-0.05, 0) is 28.9 Å². The molecule has 0 bridgehead atoms. The number of aromatic nitrogens is 3. The van der Waals surface area contributed by atoms with E-state index in [1.807, 2.05) is 0 Å². The van der Waals surface area contributed by atoms with Crippen LogP contribution >= 0.6 is 0 Å². The molecule has 0 saturated heterocycles. The molecule has 3 heterocycles. The van der Waals surface area contributed by atoms with E-state index in [1.54, 1.807) is 0 Å². The van der Waals surface area contributed by atoms with E-state index in [0.29, 0.717) is 0 Å². The molecule has 0 atom stereocenters. The number of nitrogens with zero attached hydrogens (tertiary/aromatic N) is 3. The van der Waals surface area contributed by atoms with Gasteiger partial charge in [-0.2, -0.15) is 0 Å². The zero-order valence-electron chi connectivity index (χ0n) is 12.9. The predicted octanol–water partition coefficient (Wildman–Crippen LogP) is 3.67. The van der Waals surface area contributed by atoms with Crippen molar-refractivity contribution in [3.63, 3.8) is 0 Å². The number of rotatable bonds is 0. The SMILES string of the molecule is Cc1ccc2cccc3c2c1c1c2c(ccn32)nc(C)[n+]1C. The molecule has 0 amide bonds. The van der Waals surface area contributed by atoms with E-state index in [9.17, 15) is 0 Å². The van der Waals surface area contributed by atoms with Gasteiger partial charge in [-0.15, -0.1) is 0 Å². The van der Waals surface area contributed by atoms with Crippen LogP contribution in [0, 0.1) is 13.8 Å². The Balaban J connectivity index is 2.33. The molecule has 0 N–H and O–H groups in total. The van der Waals surface area contributed by atoms with E-state index in [2.05, 4.69) is 72.5 Å². The number of benzene rings is 2. The molecule has 0 aliphatic rings. The Kier molecular flexibility index (Phi) is 2.03. The Morgan fingerprint density at radius 1 is 1.00 bits per heavy atom. The highest BCUT2D eigenvalue weighted by molar-refractivity contribution is 6.20. The Morgan fingerprint density at radius 2 is 1.86 bits per heavy atom. The first-order valence-electron chi connectivity index (χ1n) is 7.57. The lowest BCUT2D eigenvalue weighted by Crippen LogP contribution is -2.34. The number of fused-ring (bicyclic) bond motifs is 2. The minimum atomic E-state index is 1.04. The maximum absolute atomic E-state index is 4.75. The van der Waals surface area contributed by atoms with Gasteiger partial charge in [0.05, 0.1) is 12.6 Å². The Hall–Kier alpha value is -2.68. The Bertz CT molecular complexity index is 1200. The fourth-order valence-corrected chi connectivity index (χ4v) is 3.77. The van der Waals surface area contributed by atoms with Crippen LogP contribution in [0.1, 0.15) is 11.4 Å². The summed E-state index contributed by atoms with van der Waals surface area (Å²) in [6.07, 6.45) is 2.14. The number of aryl methyl sites for hydroxylation is 3. The second-order valence-electron chi connectivity index (χ2n) is 6.12. The van der Waals surface area contributed by atoms with Crippen LogP contribution in [0.3, 0.4) is 0 Å². The highest BCUT2D eigenvalue weighted by atomic mass is 15.1. The molecule has 3 aromatic heterocycles. The lowest BCUT2D eigenvalue weighted by molar-refractivity contribution is -0.653. The van der Waals surface area contributed by atoms with Gasteiger partial charge in [0.2, 0.25) is 5.52 Å². The lowest BCUT2D eigenvalue weighted by Gasteiger charge is -2.13. The fourth-order valence-electron chi connectivity index (χ4n) is 3.77. The highest BCUT2D eigenvalue weighted by Gasteiger charge is 2.22. The maximum Gasteiger partial charge on any atom is 0.296 e. The van der Waals surface area contributed by atoms with Crippen LogP contribution in [-0.2, 0) is 7.05 Å². The number of pyridine rings is 1. The molecule has 3 nitrogen and oxygen atoms in total. The third-order valence-corrected chi connectivity index (χ3v) is 4.92. The normalized spacial score (nSPS) is 12.3. The fraction of sp³-hybridized carbons (Fsp3) is 0.158. The third kappa shape index (κ3) is 1.23. The summed E-state index contributed by atoms with van der Waals surface area (Å²) >= 11 is 0. The monoisotopic (exact) mass is 286 g/mol. The van der Waals surface area contributed by atoms with Crippen LogP contribution in [0.5, 0.6) is 0 Å². The third-order valence-electron chi connectivity index (χ3n) is 4.92. The van der Waals surface area contributed by atoms with Gasteiger partial charge in [-0.3, -0.25) is 0 Å². The minimum absolute atomic E-state index is 1.04. The Labute approximate surface area is 127 Å². The average molecular weight is 286 g/mol. The second-order valence-corrected chi connectivity index (χ2v) is 6.12. The first-order chi connectivity index (χ1) is 10.7. The van der Waals surface area contributed by atoms with Crippen molar-refractivity contribution in [2.45, 2.75) is 13.8 Å². The highest BCUT2D eigenvalue weighted by Crippen LogP contribution is 2.35. The van der Waals surface area contributed by atoms with Crippen molar-refractivity contribution in [3.05, 3.63) is 54.0 Å². The van der Waals surface area contributed by atoms with Crippen LogP contribution in [0.4, 0.5) is 0 Å². The van der Waals surface area contributed by atoms with Crippen LogP contribution in [-0.4, -0.2) is 9.38 Å². The summed E-state index contributed by atoms with van der Waals surface area (Å²) in [7, 11) is 2.11. The molecule has 2 aromatic carbocycles. The van der Waals surface area contributed by atoms with Gasteiger partial charge in [0.25, 0.3) is 5.82 Å². The molecule has 5 aromatic rings. The van der Waals surface area contributed by atoms with Gasteiger partial charge < -0.3 is 4.40 Å². The molecule has 0 spiro atoms. The standard InChI is InChI=1S/C19H16N3/c1-11-7-8-13-5-4-6-15-17(13)16(11)19-18-14(9-10-22(15)18)20-12(2)21(19)3/h4-10H,1-3H3/q+1. The van der Waals surface area contributed by atoms with E-state index in [-0.39, 0.29) is 0 Å². The molecule has 0 saturated carbocycles. The van der Waals surface area contributed by atoms with Gasteiger partial charge in [-0.1, -0.05) is 24.3 Å². The van der Waals surface area contributed by atoms with E-state index < -0.39 is 0 Å². The van der Waals surface area contributed by atoms with E-state index in [4.69, 9.17) is 4.98 Å². The van der Waals surface area contributed by atoms with E-state index in [0.717, 1.165) is 11.3 Å². The van der Waals surface area contributed by atoms with Crippen LogP contribution in [0.2, 0.25) is 0 Å². The smallest absolute Gasteiger partial charge is 0.296 e. The Morgan fingerprint density at radius 3 is 2.73 bits per heavy atom. The van der Waals surface area contributed by atoms with Gasteiger partial charge in [0, 0.05) is 30.0 Å². The van der Waals surface area contributed by atoms with E-state index in [1.165, 1.54) is 38.3 Å². The van der Waals surface area contributed by atoms with Crippen molar-refractivity contribution in [1.29, 1.82) is 0 Å². The van der Waals surface area contributed by atoms with Crippen LogP contribution < -0.4 is 4.57 Å². The van der Waals surface area contributed by atoms with Gasteiger partial charge in [0.15, 0.2) is 5.52 Å². The number of hydrogen-bond donors (Lipinski definition) is 0. The van der Waals surface area contributed by atoms with Crippen molar-refractivity contribution < 1.29 is 4.57 Å². The summed E-state index contributed by atoms with van der Waals surface area (Å²) in [5.74, 6) is 1.04. The summed E-state index contributed by atoms with van der Waals surface area (Å²) in [5.41, 5.74) is 6.12. The first-order valence-corrected chi connectivity index (χ1v) is 7.57. The summed E-state index contributed by atoms with van der Waals surface area (Å²) in [6.45, 7) is 4.27. The topological polar surface area (TPSA) is 21.2 Å². The molecule has 106 valence electrons. The molecule has 0 aliphatic carbocycles. The molecule has 0 fully saturated rings. The molecular weight excluding hydrogens is 270 g/mol. The molecule has 0 unspecified atom stereocenters. The summed E-state index contributed by atoms with van der Waals surface area (Å²) in [5, 5.41) is 3.98. The van der Waals surface area contributed by atoms with Crippen molar-refractivity contribution in [2.24, 2.45) is 7.05 Å². The second kappa shape index (κ2) is 3.74. The molecule has 5 rings (SSSR count). The predicted molar refractivity (Wildman–Crippen MR) is 89.5 cm³/mol. The van der Waals surface area contributed by atoms with Crippen molar-refractivity contribution in [2.75, 3.05) is 0 Å². The molecule has 0 radical (unpaired) electrons. The van der Waals surface area contributed by atoms with E-state index >= 15 is 0 Å². The van der Waals surface area contributed by atoms with Gasteiger partial charge in [0.1, 0.15) is 5.52 Å². The zero-order chi connectivity index (χ0) is 15.0. The summed E-state index contributed by atoms with van der Waals surface area (Å²) < 4.78 is 4.50. The summed E-state index contributed by atoms with van der Waals surface area (Å²) in [6, 6.07) is 13.1. The molecule has 22 heavy (non-hydrogen) atoms. The number of hydrogen-bond acceptors (Lipinski definition) is 1. The van der Waals surface area contributed by atoms with Crippen LogP contribution in [0.15, 0.2) is 42.6 Å². The quantitative estimate of drug-likeness (QED) is 0.242. The molecule has 3 heteroatoms. The summed E-state index contributed by atoms with van der Waals surface area (Å²) in [4.78, 5) is 4.75. The molecular formula is C19H16N3+. The average Bonchev–Trinajstić information content (AvgIpc) is 2.93. The van der Waals surface area contributed by atoms with Gasteiger partial charge >= 0.3 is 0 Å². The minimum Gasteiger partial charge on any atom is -0.309 e.